The summed E-state index contributed by atoms with van der Waals surface area (Å²) >= 11 is 5.61. The SMILES string of the molecule is CC(=O)OOc1ccc(Cl)cc1.OCCNCCO. The third-order valence-corrected chi connectivity index (χ3v) is 1.90. The van der Waals surface area contributed by atoms with Crippen molar-refractivity contribution in [2.45, 2.75) is 6.92 Å². The minimum absolute atomic E-state index is 0.139. The molecular formula is C12H18ClNO5. The van der Waals surface area contributed by atoms with Crippen LogP contribution in [-0.4, -0.2) is 42.5 Å². The lowest BCUT2D eigenvalue weighted by atomic mass is 10.3. The summed E-state index contributed by atoms with van der Waals surface area (Å²) < 4.78 is 0. The summed E-state index contributed by atoms with van der Waals surface area (Å²) in [5.74, 6) is -0.0560. The van der Waals surface area contributed by atoms with E-state index in [9.17, 15) is 4.79 Å². The molecule has 0 bridgehead atoms. The lowest BCUT2D eigenvalue weighted by Gasteiger charge is -2.00. The second-order valence-corrected chi connectivity index (χ2v) is 3.75. The highest BCUT2D eigenvalue weighted by Crippen LogP contribution is 2.15. The van der Waals surface area contributed by atoms with Gasteiger partial charge in [0.25, 0.3) is 0 Å². The van der Waals surface area contributed by atoms with E-state index in [2.05, 4.69) is 15.1 Å². The average molecular weight is 292 g/mol. The number of hydrogen-bond donors (Lipinski definition) is 3. The van der Waals surface area contributed by atoms with Crippen LogP contribution in [0.15, 0.2) is 24.3 Å². The van der Waals surface area contributed by atoms with Gasteiger partial charge >= 0.3 is 5.97 Å². The van der Waals surface area contributed by atoms with Gasteiger partial charge in [-0.1, -0.05) is 11.6 Å². The van der Waals surface area contributed by atoms with Crippen molar-refractivity contribution in [3.63, 3.8) is 0 Å². The van der Waals surface area contributed by atoms with Crippen LogP contribution in [0.4, 0.5) is 0 Å². The molecule has 3 N–H and O–H groups in total. The molecule has 0 saturated carbocycles. The van der Waals surface area contributed by atoms with Gasteiger partial charge in [-0.2, -0.15) is 0 Å². The van der Waals surface area contributed by atoms with Gasteiger partial charge in [-0.25, -0.2) is 4.79 Å². The molecule has 0 heterocycles. The van der Waals surface area contributed by atoms with Gasteiger partial charge < -0.3 is 15.5 Å². The number of hydrogen-bond acceptors (Lipinski definition) is 6. The minimum Gasteiger partial charge on any atom is -0.395 e. The Morgan fingerprint density at radius 3 is 2.16 bits per heavy atom. The van der Waals surface area contributed by atoms with E-state index in [0.717, 1.165) is 0 Å². The summed E-state index contributed by atoms with van der Waals surface area (Å²) in [5.41, 5.74) is 0. The maximum Gasteiger partial charge on any atom is 0.352 e. The Kier molecular flexibility index (Phi) is 10.9. The summed E-state index contributed by atoms with van der Waals surface area (Å²) in [6.45, 7) is 2.68. The van der Waals surface area contributed by atoms with E-state index >= 15 is 0 Å². The Labute approximate surface area is 116 Å². The van der Waals surface area contributed by atoms with Crippen LogP contribution in [0.1, 0.15) is 6.92 Å². The highest BCUT2D eigenvalue weighted by atomic mass is 35.5. The van der Waals surface area contributed by atoms with Gasteiger partial charge in [0, 0.05) is 25.0 Å². The van der Waals surface area contributed by atoms with Crippen molar-refractivity contribution in [3.05, 3.63) is 29.3 Å². The molecule has 0 fully saturated rings. The fraction of sp³-hybridized carbons (Fsp3) is 0.417. The van der Waals surface area contributed by atoms with Gasteiger partial charge in [-0.3, -0.25) is 9.78 Å². The van der Waals surface area contributed by atoms with Crippen LogP contribution < -0.4 is 10.2 Å². The second kappa shape index (κ2) is 11.7. The predicted octanol–water partition coefficient (Wildman–Crippen LogP) is 0.757. The second-order valence-electron chi connectivity index (χ2n) is 3.31. The number of rotatable bonds is 6. The molecule has 6 nitrogen and oxygen atoms in total. The van der Waals surface area contributed by atoms with Gasteiger partial charge in [0.15, 0.2) is 5.75 Å². The fourth-order valence-electron chi connectivity index (χ4n) is 0.880. The van der Waals surface area contributed by atoms with Gasteiger partial charge in [0.2, 0.25) is 0 Å². The Morgan fingerprint density at radius 1 is 1.21 bits per heavy atom. The van der Waals surface area contributed by atoms with Crippen molar-refractivity contribution < 1.29 is 24.8 Å². The largest absolute Gasteiger partial charge is 0.395 e. The Morgan fingerprint density at radius 2 is 1.74 bits per heavy atom. The van der Waals surface area contributed by atoms with Crippen molar-refractivity contribution in [3.8, 4) is 5.75 Å². The minimum atomic E-state index is -0.495. The molecule has 0 radical (unpaired) electrons. The summed E-state index contributed by atoms with van der Waals surface area (Å²) in [6, 6.07) is 6.48. The monoisotopic (exact) mass is 291 g/mol. The number of carbonyl (C=O) groups excluding carboxylic acids is 1. The van der Waals surface area contributed by atoms with Crippen molar-refractivity contribution >= 4 is 17.6 Å². The topological polar surface area (TPSA) is 88.0 Å². The molecule has 108 valence electrons. The van der Waals surface area contributed by atoms with Crippen LogP contribution in [-0.2, 0) is 9.68 Å². The van der Waals surface area contributed by atoms with Gasteiger partial charge in [0.05, 0.1) is 13.2 Å². The Hall–Kier alpha value is -1.34. The number of nitrogens with one attached hydrogen (secondary N) is 1. The summed E-state index contributed by atoms with van der Waals surface area (Å²) in [7, 11) is 0. The van der Waals surface area contributed by atoms with Crippen LogP contribution in [0.2, 0.25) is 5.02 Å². The first-order chi connectivity index (χ1) is 9.10. The summed E-state index contributed by atoms with van der Waals surface area (Å²) in [4.78, 5) is 19.2. The molecule has 19 heavy (non-hydrogen) atoms. The molecule has 7 heteroatoms. The van der Waals surface area contributed by atoms with Crippen molar-refractivity contribution in [1.82, 2.24) is 5.32 Å². The highest BCUT2D eigenvalue weighted by molar-refractivity contribution is 6.30. The molecule has 0 atom stereocenters. The zero-order chi connectivity index (χ0) is 14.5. The molecule has 0 saturated heterocycles. The van der Waals surface area contributed by atoms with Gasteiger partial charge in [-0.15, -0.1) is 0 Å². The van der Waals surface area contributed by atoms with Crippen LogP contribution >= 0.6 is 11.6 Å². The van der Waals surface area contributed by atoms with E-state index in [4.69, 9.17) is 21.8 Å². The molecule has 0 aliphatic carbocycles. The lowest BCUT2D eigenvalue weighted by Crippen LogP contribution is -2.21. The van der Waals surface area contributed by atoms with Crippen molar-refractivity contribution in [1.29, 1.82) is 0 Å². The lowest BCUT2D eigenvalue weighted by molar-refractivity contribution is -0.210. The predicted molar refractivity (Wildman–Crippen MR) is 70.9 cm³/mol. The normalized spacial score (nSPS) is 9.26. The molecule has 0 unspecified atom stereocenters. The molecule has 1 aromatic rings. The number of benzene rings is 1. The number of aliphatic hydroxyl groups excluding tert-OH is 2. The molecule has 0 aromatic heterocycles. The Balaban J connectivity index is 0.000000399. The molecule has 0 aliphatic heterocycles. The first-order valence-electron chi connectivity index (χ1n) is 5.63. The molecule has 0 spiro atoms. The molecule has 1 rings (SSSR count). The van der Waals surface area contributed by atoms with Crippen LogP contribution in [0.3, 0.4) is 0 Å². The summed E-state index contributed by atoms with van der Waals surface area (Å²) in [6.07, 6.45) is 0. The molecule has 0 amide bonds. The third-order valence-electron chi connectivity index (χ3n) is 1.65. The first-order valence-corrected chi connectivity index (χ1v) is 6.01. The first kappa shape index (κ1) is 17.7. The van der Waals surface area contributed by atoms with E-state index in [0.29, 0.717) is 23.9 Å². The fourth-order valence-corrected chi connectivity index (χ4v) is 1.01. The van der Waals surface area contributed by atoms with Crippen LogP contribution in [0.5, 0.6) is 5.75 Å². The zero-order valence-electron chi connectivity index (χ0n) is 10.6. The maximum absolute atomic E-state index is 10.3. The smallest absolute Gasteiger partial charge is 0.352 e. The van der Waals surface area contributed by atoms with E-state index in [1.165, 1.54) is 6.92 Å². The highest BCUT2D eigenvalue weighted by Gasteiger charge is 1.96. The van der Waals surface area contributed by atoms with E-state index in [1.807, 2.05) is 0 Å². The van der Waals surface area contributed by atoms with Crippen LogP contribution in [0, 0.1) is 0 Å². The molecular weight excluding hydrogens is 274 g/mol. The van der Waals surface area contributed by atoms with E-state index in [-0.39, 0.29) is 13.2 Å². The zero-order valence-corrected chi connectivity index (χ0v) is 11.4. The van der Waals surface area contributed by atoms with Gasteiger partial charge in [-0.05, 0) is 24.3 Å². The average Bonchev–Trinajstić information content (AvgIpc) is 2.39. The number of halogens is 1. The van der Waals surface area contributed by atoms with E-state index in [1.54, 1.807) is 24.3 Å². The Bertz CT molecular complexity index is 340. The third kappa shape index (κ3) is 11.5. The number of carbonyl (C=O) groups is 1. The maximum atomic E-state index is 10.3. The van der Waals surface area contributed by atoms with E-state index < -0.39 is 5.97 Å². The molecule has 1 aromatic carbocycles. The molecule has 0 aliphatic rings. The van der Waals surface area contributed by atoms with Crippen molar-refractivity contribution in [2.75, 3.05) is 26.3 Å². The van der Waals surface area contributed by atoms with Crippen molar-refractivity contribution in [2.24, 2.45) is 0 Å². The number of aliphatic hydroxyl groups is 2. The quantitative estimate of drug-likeness (QED) is 0.407. The van der Waals surface area contributed by atoms with Crippen LogP contribution in [0.25, 0.3) is 0 Å². The standard InChI is InChI=1S/C8H7ClO3.C4H11NO2/c1-6(10)11-12-8-4-2-7(9)3-5-8;6-3-1-5-2-4-7/h2-5H,1H3;5-7H,1-4H2. The van der Waals surface area contributed by atoms with Gasteiger partial charge in [0.1, 0.15) is 0 Å². The summed E-state index contributed by atoms with van der Waals surface area (Å²) in [5, 5.41) is 19.7.